The minimum absolute atomic E-state index is 0.0166. The van der Waals surface area contributed by atoms with Crippen molar-refractivity contribution in [1.82, 2.24) is 15.1 Å². The molecule has 2 aromatic carbocycles. The van der Waals surface area contributed by atoms with Crippen LogP contribution in [0.15, 0.2) is 36.4 Å². The largest absolute Gasteiger partial charge is 0.496 e. The number of cyclic esters (lactones) is 1. The molecule has 0 spiro atoms. The summed E-state index contributed by atoms with van der Waals surface area (Å²) in [6.07, 6.45) is 1.74. The van der Waals surface area contributed by atoms with E-state index in [-0.39, 0.29) is 23.3 Å². The summed E-state index contributed by atoms with van der Waals surface area (Å²) in [5.74, 6) is -2.72. The number of hydrogen-bond donors (Lipinski definition) is 1. The van der Waals surface area contributed by atoms with Crippen molar-refractivity contribution in [2.24, 2.45) is 0 Å². The van der Waals surface area contributed by atoms with Gasteiger partial charge in [0.15, 0.2) is 11.6 Å². The number of urea groups is 1. The van der Waals surface area contributed by atoms with Crippen molar-refractivity contribution in [2.75, 3.05) is 27.3 Å². The summed E-state index contributed by atoms with van der Waals surface area (Å²) in [7, 11) is 2.64. The average Bonchev–Trinajstić information content (AvgIpc) is 3.58. The number of methoxy groups -OCH3 is 2. The first-order valence-electron chi connectivity index (χ1n) is 13.6. The predicted molar refractivity (Wildman–Crippen MR) is 140 cm³/mol. The van der Waals surface area contributed by atoms with Crippen molar-refractivity contribution >= 4 is 18.1 Å². The van der Waals surface area contributed by atoms with Crippen molar-refractivity contribution < 1.29 is 41.8 Å². The quantitative estimate of drug-likeness (QED) is 0.501. The minimum Gasteiger partial charge on any atom is -0.496 e. The van der Waals surface area contributed by atoms with Gasteiger partial charge in [0.1, 0.15) is 17.6 Å². The van der Waals surface area contributed by atoms with Gasteiger partial charge in [-0.2, -0.15) is 0 Å². The summed E-state index contributed by atoms with van der Waals surface area (Å²) in [5.41, 5.74) is 1.03. The lowest BCUT2D eigenvalue weighted by Gasteiger charge is -2.35. The number of halogens is 3. The number of ether oxygens (including phenoxy) is 3. The number of hydrogen-bond acceptors (Lipinski definition) is 7. The van der Waals surface area contributed by atoms with Gasteiger partial charge in [-0.25, -0.2) is 32.5 Å². The summed E-state index contributed by atoms with van der Waals surface area (Å²) >= 11 is 0. The smallest absolute Gasteiger partial charge is 0.419 e. The van der Waals surface area contributed by atoms with Crippen molar-refractivity contribution in [3.05, 3.63) is 65.0 Å². The third-order valence-corrected chi connectivity index (χ3v) is 8.32. The summed E-state index contributed by atoms with van der Waals surface area (Å²) < 4.78 is 56.5. The number of carbonyl (C=O) groups excluding carboxylic acids is 3. The summed E-state index contributed by atoms with van der Waals surface area (Å²) in [6.45, 7) is 1.32. The lowest BCUT2D eigenvalue weighted by Crippen LogP contribution is -2.48. The fraction of sp³-hybridized carbons (Fsp3) is 0.483. The van der Waals surface area contributed by atoms with E-state index in [1.54, 1.807) is 13.2 Å². The molecule has 5 rings (SSSR count). The van der Waals surface area contributed by atoms with Gasteiger partial charge in [0, 0.05) is 31.2 Å². The topological polar surface area (TPSA) is 97.4 Å². The first kappa shape index (κ1) is 28.7. The fourth-order valence-corrected chi connectivity index (χ4v) is 6.26. The van der Waals surface area contributed by atoms with E-state index in [4.69, 9.17) is 14.2 Å². The van der Waals surface area contributed by atoms with E-state index in [0.717, 1.165) is 61.9 Å². The van der Waals surface area contributed by atoms with Gasteiger partial charge in [-0.15, -0.1) is 0 Å². The number of amides is 3. The Kier molecular flexibility index (Phi) is 8.39. The molecule has 0 bridgehead atoms. The zero-order chi connectivity index (χ0) is 29.3. The van der Waals surface area contributed by atoms with Crippen LogP contribution in [0, 0.1) is 17.5 Å². The summed E-state index contributed by atoms with van der Waals surface area (Å²) in [6, 6.07) is 5.45. The molecule has 220 valence electrons. The van der Waals surface area contributed by atoms with Gasteiger partial charge in [-0.3, -0.25) is 4.90 Å². The zero-order valence-corrected chi connectivity index (χ0v) is 22.8. The molecule has 41 heavy (non-hydrogen) atoms. The molecule has 3 amide bonds. The highest BCUT2D eigenvalue weighted by atomic mass is 19.2. The molecule has 3 aliphatic rings. The van der Waals surface area contributed by atoms with E-state index in [1.807, 2.05) is 0 Å². The Bertz CT molecular complexity index is 1320. The van der Waals surface area contributed by atoms with Crippen LogP contribution in [0.2, 0.25) is 0 Å². The Labute approximate surface area is 235 Å². The van der Waals surface area contributed by atoms with E-state index in [0.29, 0.717) is 24.8 Å². The van der Waals surface area contributed by atoms with Gasteiger partial charge in [-0.1, -0.05) is 12.1 Å². The lowest BCUT2D eigenvalue weighted by molar-refractivity contribution is -0.150. The third-order valence-electron chi connectivity index (χ3n) is 8.32. The van der Waals surface area contributed by atoms with E-state index in [2.05, 4.69) is 10.2 Å². The minimum atomic E-state index is -1.53. The Morgan fingerprint density at radius 2 is 1.73 bits per heavy atom. The maximum absolute atomic E-state index is 14.0. The molecule has 2 heterocycles. The van der Waals surface area contributed by atoms with Gasteiger partial charge >= 0.3 is 18.1 Å². The number of nitrogens with one attached hydrogen (secondary N) is 1. The predicted octanol–water partition coefficient (Wildman–Crippen LogP) is 4.66. The van der Waals surface area contributed by atoms with Gasteiger partial charge in [0.2, 0.25) is 6.10 Å². The molecule has 1 aliphatic carbocycles. The normalized spacial score (nSPS) is 26.5. The molecular weight excluding hydrogens is 543 g/mol. The number of imide groups is 1. The molecule has 12 heteroatoms. The Hall–Kier alpha value is -3.80. The first-order valence-corrected chi connectivity index (χ1v) is 13.6. The van der Waals surface area contributed by atoms with E-state index in [1.165, 1.54) is 18.2 Å². The van der Waals surface area contributed by atoms with Gasteiger partial charge in [-0.05, 0) is 67.3 Å². The molecule has 1 saturated carbocycles. The molecule has 9 nitrogen and oxygen atoms in total. The van der Waals surface area contributed by atoms with Crippen LogP contribution in [0.25, 0.3) is 0 Å². The van der Waals surface area contributed by atoms with Crippen LogP contribution in [0.5, 0.6) is 5.75 Å². The maximum Gasteiger partial charge on any atom is 0.419 e. The van der Waals surface area contributed by atoms with E-state index < -0.39 is 41.9 Å². The fourth-order valence-electron chi connectivity index (χ4n) is 6.26. The number of benzene rings is 2. The standard InChI is InChI=1S/C29H32F3N3O6/c1-39-24-14-18(30)6-9-21(24)16-3-7-20(8-4-16)34-12-11-19(15-34)33-28(37)35-25(17-5-10-22(31)23(32)13-17)26(27(36)40-2)41-29(35)38/h5-6,9-10,13-14,16,19-20,25-26H,3-4,7-8,11-12,15H2,1-2H3,(H,33,37)/t16?,19-,20?,25+,26-/m1/s1. The van der Waals surface area contributed by atoms with Crippen LogP contribution in [-0.4, -0.2) is 73.4 Å². The van der Waals surface area contributed by atoms with Crippen LogP contribution in [0.1, 0.15) is 55.2 Å². The van der Waals surface area contributed by atoms with Gasteiger partial charge in [0.25, 0.3) is 0 Å². The number of rotatable bonds is 6. The molecule has 0 radical (unpaired) electrons. The number of likely N-dealkylation sites (tertiary alicyclic amines) is 1. The molecule has 2 aliphatic heterocycles. The Morgan fingerprint density at radius 1 is 0.976 bits per heavy atom. The average molecular weight is 576 g/mol. The van der Waals surface area contributed by atoms with Crippen molar-refractivity contribution in [3.63, 3.8) is 0 Å². The second-order valence-corrected chi connectivity index (χ2v) is 10.6. The lowest BCUT2D eigenvalue weighted by atomic mass is 9.81. The van der Waals surface area contributed by atoms with Crippen LogP contribution in [0.3, 0.4) is 0 Å². The van der Waals surface area contributed by atoms with Crippen LogP contribution in [0.4, 0.5) is 22.8 Å². The molecule has 3 atom stereocenters. The molecular formula is C29H32F3N3O6. The van der Waals surface area contributed by atoms with E-state index >= 15 is 0 Å². The second-order valence-electron chi connectivity index (χ2n) is 10.6. The van der Waals surface area contributed by atoms with Crippen molar-refractivity contribution in [2.45, 2.75) is 62.3 Å². The molecule has 2 saturated heterocycles. The van der Waals surface area contributed by atoms with Gasteiger partial charge < -0.3 is 19.5 Å². The van der Waals surface area contributed by atoms with Crippen molar-refractivity contribution in [3.8, 4) is 5.75 Å². The third kappa shape index (κ3) is 5.83. The zero-order valence-electron chi connectivity index (χ0n) is 22.8. The highest BCUT2D eigenvalue weighted by molar-refractivity contribution is 5.96. The first-order chi connectivity index (χ1) is 19.7. The van der Waals surface area contributed by atoms with E-state index in [9.17, 15) is 27.6 Å². The highest BCUT2D eigenvalue weighted by Crippen LogP contribution is 2.40. The van der Waals surface area contributed by atoms with Gasteiger partial charge in [0.05, 0.1) is 14.2 Å². The van der Waals surface area contributed by atoms with Crippen LogP contribution in [-0.2, 0) is 14.3 Å². The molecule has 1 N–H and O–H groups in total. The molecule has 0 unspecified atom stereocenters. The molecule has 0 aromatic heterocycles. The summed E-state index contributed by atoms with van der Waals surface area (Å²) in [5, 5.41) is 2.85. The molecule has 3 fully saturated rings. The van der Waals surface area contributed by atoms with Crippen molar-refractivity contribution in [1.29, 1.82) is 0 Å². The number of carbonyl (C=O) groups is 3. The monoisotopic (exact) mass is 575 g/mol. The second kappa shape index (κ2) is 12.0. The SMILES string of the molecule is COC(=O)[C@@H]1OC(=O)N(C(=O)N[C@@H]2CCN(C3CCC(c4ccc(F)cc4OC)CC3)C2)[C@H]1c1ccc(F)c(F)c1. The molecule has 2 aromatic rings. The summed E-state index contributed by atoms with van der Waals surface area (Å²) in [4.78, 5) is 41.4. The Balaban J connectivity index is 1.22. The highest BCUT2D eigenvalue weighted by Gasteiger charge is 2.51. The maximum atomic E-state index is 14.0. The van der Waals surface area contributed by atoms with Crippen LogP contribution < -0.4 is 10.1 Å². The number of esters is 1. The van der Waals surface area contributed by atoms with Crippen LogP contribution >= 0.6 is 0 Å². The number of nitrogens with zero attached hydrogens (tertiary/aromatic N) is 2. The Morgan fingerprint density at radius 3 is 2.41 bits per heavy atom.